The molecule has 17 heteroatoms. The molecule has 9 atom stereocenters. The van der Waals surface area contributed by atoms with Crippen LogP contribution < -0.4 is 9.47 Å². The van der Waals surface area contributed by atoms with Gasteiger partial charge in [-0.3, -0.25) is 24.8 Å². The number of benzene rings is 1. The molecule has 4 fully saturated rings. The highest BCUT2D eigenvalue weighted by molar-refractivity contribution is 6.01. The van der Waals surface area contributed by atoms with Gasteiger partial charge in [0.25, 0.3) is 0 Å². The van der Waals surface area contributed by atoms with Crippen molar-refractivity contribution in [1.82, 2.24) is 5.39 Å². The van der Waals surface area contributed by atoms with Gasteiger partial charge in [0.2, 0.25) is 5.78 Å². The van der Waals surface area contributed by atoms with Crippen LogP contribution in [0.4, 0.5) is 13.6 Å². The number of esters is 1. The van der Waals surface area contributed by atoms with Crippen molar-refractivity contribution in [1.29, 1.82) is 0 Å². The molecule has 308 valence electrons. The van der Waals surface area contributed by atoms with Crippen LogP contribution >= 0.6 is 0 Å². The molecule has 0 spiro atoms. The molecule has 0 bridgehead atoms. The van der Waals surface area contributed by atoms with Gasteiger partial charge in [0.05, 0.1) is 43.5 Å². The van der Waals surface area contributed by atoms with E-state index in [2.05, 4.69) is 4.84 Å². The number of hydrogen-bond donors (Lipinski definition) is 3. The Hall–Kier alpha value is -3.84. The van der Waals surface area contributed by atoms with Crippen molar-refractivity contribution in [2.45, 2.75) is 108 Å². The van der Waals surface area contributed by atoms with Crippen LogP contribution in [0.2, 0.25) is 0 Å². The fraction of sp³-hybridized carbons (Fsp3) is 0.641. The lowest BCUT2D eigenvalue weighted by Crippen LogP contribution is -2.71. The number of Topliss-reactive ketones (excluding diaryl/α,β-unsaturated/α-hetero) is 1. The number of fused-ring (bicyclic) bond motifs is 7. The molecule has 0 aromatic heterocycles. The molecule has 1 saturated heterocycles. The molecule has 1 aliphatic heterocycles. The average Bonchev–Trinajstić information content (AvgIpc) is 3.55. The number of halogens is 2. The van der Waals surface area contributed by atoms with Crippen molar-refractivity contribution in [2.75, 3.05) is 26.9 Å². The molecular formula is C39H49F2NO14. The number of aliphatic hydroxyl groups excluding tert-OH is 1. The molecule has 2 unspecified atom stereocenters. The summed E-state index contributed by atoms with van der Waals surface area (Å²) in [5.41, 5.74) is -7.01. The van der Waals surface area contributed by atoms with Crippen LogP contribution in [0.3, 0.4) is 0 Å². The van der Waals surface area contributed by atoms with E-state index in [9.17, 15) is 24.3 Å². The molecule has 6 rings (SSSR count). The SMILES string of the molecule is COc1cc(C(=O)OCCCCCCON(O)O)ccc1OC(=O)OCC(=O)[C@@]12OC(C)(C)O[C@@H]1CC1C3C[C@H](F)C4=CC(=O)C=C[C@]4(C)[C@@]3(F)[C@@H](O)C[C@@]12C. The molecule has 1 aromatic rings. The molecule has 5 aliphatic rings. The van der Waals surface area contributed by atoms with Crippen molar-refractivity contribution in [3.05, 3.63) is 47.6 Å². The van der Waals surface area contributed by atoms with E-state index in [1.54, 1.807) is 20.8 Å². The Bertz CT molecular complexity index is 1780. The number of methoxy groups -OCH3 is 1. The van der Waals surface area contributed by atoms with Crippen molar-refractivity contribution < 1.29 is 76.7 Å². The van der Waals surface area contributed by atoms with E-state index in [0.717, 1.165) is 6.08 Å². The van der Waals surface area contributed by atoms with E-state index in [1.807, 2.05) is 0 Å². The zero-order valence-corrected chi connectivity index (χ0v) is 32.0. The average molecular weight is 794 g/mol. The lowest BCUT2D eigenvalue weighted by molar-refractivity contribution is -0.492. The summed E-state index contributed by atoms with van der Waals surface area (Å²) < 4.78 is 67.5. The largest absolute Gasteiger partial charge is 0.514 e. The minimum atomic E-state index is -2.38. The Kier molecular flexibility index (Phi) is 11.6. The van der Waals surface area contributed by atoms with E-state index in [1.165, 1.54) is 44.4 Å². The highest BCUT2D eigenvalue weighted by atomic mass is 19.1. The lowest BCUT2D eigenvalue weighted by Gasteiger charge is -2.63. The standard InChI is InChI=1S/C39H49F2NO14/c1-35(2)55-32-19-24-25-18-27(40)26-17-23(43)12-13-36(26,3)38(25,41)30(44)20-37(24,4)39(32,56-35)31(45)21-52-34(47)54-28-11-10-22(16-29(28)50-5)33(46)51-14-8-6-7-9-15-53-42(48)49/h10-13,16-17,24-25,27,30,32,44,48-49H,6-9,14-15,18-21H2,1-5H3/t24?,25?,27-,30-,32+,36-,37-,38-,39+/m0/s1. The molecule has 1 heterocycles. The maximum Gasteiger partial charge on any atom is 0.514 e. The second kappa shape index (κ2) is 15.5. The molecule has 15 nitrogen and oxygen atoms in total. The van der Waals surface area contributed by atoms with Gasteiger partial charge in [-0.15, -0.1) is 0 Å². The number of alkyl halides is 2. The van der Waals surface area contributed by atoms with Gasteiger partial charge in [-0.1, -0.05) is 19.4 Å². The zero-order chi connectivity index (χ0) is 40.8. The Labute approximate surface area is 322 Å². The molecular weight excluding hydrogens is 744 g/mol. The number of rotatable bonds is 14. The van der Waals surface area contributed by atoms with Crippen LogP contribution in [0.5, 0.6) is 11.5 Å². The number of ether oxygens (including phenoxy) is 6. The van der Waals surface area contributed by atoms with Crippen LogP contribution in [0.15, 0.2) is 42.0 Å². The number of aliphatic hydroxyl groups is 1. The van der Waals surface area contributed by atoms with Crippen LogP contribution in [-0.4, -0.2) is 107 Å². The summed E-state index contributed by atoms with van der Waals surface area (Å²) in [6, 6.07) is 3.96. The third kappa shape index (κ3) is 7.05. The predicted molar refractivity (Wildman–Crippen MR) is 187 cm³/mol. The third-order valence-corrected chi connectivity index (χ3v) is 12.4. The van der Waals surface area contributed by atoms with Crippen molar-refractivity contribution in [3.8, 4) is 11.5 Å². The van der Waals surface area contributed by atoms with Gasteiger partial charge in [-0.25, -0.2) is 18.4 Å². The summed E-state index contributed by atoms with van der Waals surface area (Å²) >= 11 is 0. The second-order valence-electron chi connectivity index (χ2n) is 16.0. The Morgan fingerprint density at radius 2 is 1.70 bits per heavy atom. The number of nitrogens with zero attached hydrogens (tertiary/aromatic N) is 1. The lowest BCUT2D eigenvalue weighted by atomic mass is 9.44. The van der Waals surface area contributed by atoms with Gasteiger partial charge in [-0.2, -0.15) is 0 Å². The summed E-state index contributed by atoms with van der Waals surface area (Å²) in [6.07, 6.45) is 0.0808. The first-order chi connectivity index (χ1) is 26.3. The Balaban J connectivity index is 1.12. The minimum Gasteiger partial charge on any atom is -0.493 e. The van der Waals surface area contributed by atoms with E-state index >= 15 is 8.78 Å². The quantitative estimate of drug-likeness (QED) is 0.0946. The van der Waals surface area contributed by atoms with Crippen molar-refractivity contribution >= 4 is 23.7 Å². The molecule has 1 aromatic carbocycles. The Morgan fingerprint density at radius 1 is 0.982 bits per heavy atom. The van der Waals surface area contributed by atoms with E-state index < -0.39 is 88.4 Å². The van der Waals surface area contributed by atoms with Crippen LogP contribution in [0.25, 0.3) is 0 Å². The summed E-state index contributed by atoms with van der Waals surface area (Å²) in [7, 11) is 1.29. The molecule has 0 radical (unpaired) electrons. The fourth-order valence-electron chi connectivity index (χ4n) is 9.98. The van der Waals surface area contributed by atoms with Gasteiger partial charge in [-0.05, 0) is 101 Å². The first kappa shape index (κ1) is 41.8. The van der Waals surface area contributed by atoms with Crippen LogP contribution in [0.1, 0.15) is 83.0 Å². The smallest absolute Gasteiger partial charge is 0.493 e. The highest BCUT2D eigenvalue weighted by Crippen LogP contribution is 2.72. The molecule has 3 N–H and O–H groups in total. The van der Waals surface area contributed by atoms with Crippen molar-refractivity contribution in [2.24, 2.45) is 22.7 Å². The number of hydrogen-bond acceptors (Lipinski definition) is 15. The normalized spacial score (nSPS) is 35.2. The zero-order valence-electron chi connectivity index (χ0n) is 32.0. The monoisotopic (exact) mass is 793 g/mol. The maximum absolute atomic E-state index is 17.7. The topological polar surface area (TPSA) is 197 Å². The molecule has 4 aliphatic carbocycles. The van der Waals surface area contributed by atoms with E-state index in [4.69, 9.17) is 38.8 Å². The molecule has 3 saturated carbocycles. The van der Waals surface area contributed by atoms with E-state index in [0.29, 0.717) is 25.7 Å². The van der Waals surface area contributed by atoms with E-state index in [-0.39, 0.29) is 60.5 Å². The summed E-state index contributed by atoms with van der Waals surface area (Å²) in [6.45, 7) is 5.81. The summed E-state index contributed by atoms with van der Waals surface area (Å²) in [5, 5.41) is 28.4. The fourth-order valence-corrected chi connectivity index (χ4v) is 9.98. The molecule has 0 amide bonds. The molecule has 56 heavy (non-hydrogen) atoms. The number of carbonyl (C=O) groups excluding carboxylic acids is 4. The number of allylic oxidation sites excluding steroid dienone is 4. The van der Waals surface area contributed by atoms with Gasteiger partial charge in [0.1, 0.15) is 6.17 Å². The first-order valence-electron chi connectivity index (χ1n) is 18.7. The van der Waals surface area contributed by atoms with Crippen LogP contribution in [0, 0.1) is 22.7 Å². The number of ketones is 2. The van der Waals surface area contributed by atoms with Crippen LogP contribution in [-0.2, 0) is 33.4 Å². The first-order valence-corrected chi connectivity index (χ1v) is 18.7. The maximum atomic E-state index is 17.7. The third-order valence-electron chi connectivity index (χ3n) is 12.4. The minimum absolute atomic E-state index is 0.00274. The van der Waals surface area contributed by atoms with Gasteiger partial charge in [0, 0.05) is 16.7 Å². The highest BCUT2D eigenvalue weighted by Gasteiger charge is 2.80. The van der Waals surface area contributed by atoms with Gasteiger partial charge < -0.3 is 33.5 Å². The Morgan fingerprint density at radius 3 is 2.39 bits per heavy atom. The predicted octanol–water partition coefficient (Wildman–Crippen LogP) is 5.33. The summed E-state index contributed by atoms with van der Waals surface area (Å²) in [5.74, 6) is -5.03. The second-order valence-corrected chi connectivity index (χ2v) is 16.0. The summed E-state index contributed by atoms with van der Waals surface area (Å²) in [4.78, 5) is 56.7. The number of unbranched alkanes of at least 4 members (excludes halogenated alkanes) is 3. The van der Waals surface area contributed by atoms with Crippen molar-refractivity contribution in [3.63, 3.8) is 0 Å². The number of carbonyl (C=O) groups is 4. The van der Waals surface area contributed by atoms with Gasteiger partial charge >= 0.3 is 12.1 Å². The van der Waals surface area contributed by atoms with Gasteiger partial charge in [0.15, 0.2) is 40.9 Å².